The zero-order chi connectivity index (χ0) is 9.97. The standard InChI is InChI=1S/C10H7BrN2O/c11-8-4-3-7-13(10(8)14)9-5-1-2-6-12-9/h1-7H. The summed E-state index contributed by atoms with van der Waals surface area (Å²) in [5.74, 6) is 0.624. The molecule has 2 rings (SSSR count). The van der Waals surface area contributed by atoms with Crippen LogP contribution in [0.3, 0.4) is 0 Å². The van der Waals surface area contributed by atoms with Crippen molar-refractivity contribution in [1.29, 1.82) is 0 Å². The minimum Gasteiger partial charge on any atom is -0.268 e. The predicted molar refractivity (Wildman–Crippen MR) is 57.5 cm³/mol. The van der Waals surface area contributed by atoms with Crippen LogP contribution in [0.1, 0.15) is 0 Å². The Hall–Kier alpha value is -1.42. The van der Waals surface area contributed by atoms with Crippen molar-refractivity contribution in [3.05, 3.63) is 57.6 Å². The molecule has 0 aliphatic rings. The summed E-state index contributed by atoms with van der Waals surface area (Å²) < 4.78 is 2.02. The molecule has 0 aliphatic heterocycles. The Kier molecular flexibility index (Phi) is 2.45. The fourth-order valence-electron chi connectivity index (χ4n) is 1.14. The first-order chi connectivity index (χ1) is 6.79. The van der Waals surface area contributed by atoms with Crippen LogP contribution in [0.25, 0.3) is 5.82 Å². The van der Waals surface area contributed by atoms with E-state index in [4.69, 9.17) is 0 Å². The molecule has 0 aliphatic carbocycles. The van der Waals surface area contributed by atoms with E-state index in [0.29, 0.717) is 10.3 Å². The number of hydrogen-bond donors (Lipinski definition) is 0. The van der Waals surface area contributed by atoms with Crippen molar-refractivity contribution in [2.45, 2.75) is 0 Å². The fraction of sp³-hybridized carbons (Fsp3) is 0. The molecule has 0 radical (unpaired) electrons. The molecule has 0 saturated heterocycles. The van der Waals surface area contributed by atoms with Crippen molar-refractivity contribution < 1.29 is 0 Å². The first kappa shape index (κ1) is 9.15. The van der Waals surface area contributed by atoms with Crippen LogP contribution >= 0.6 is 15.9 Å². The maximum absolute atomic E-state index is 11.6. The Bertz CT molecular complexity index is 493. The summed E-state index contributed by atoms with van der Waals surface area (Å²) in [7, 11) is 0. The van der Waals surface area contributed by atoms with E-state index < -0.39 is 0 Å². The highest BCUT2D eigenvalue weighted by Crippen LogP contribution is 2.04. The van der Waals surface area contributed by atoms with Gasteiger partial charge in [-0.1, -0.05) is 6.07 Å². The van der Waals surface area contributed by atoms with E-state index in [-0.39, 0.29) is 5.56 Å². The van der Waals surface area contributed by atoms with Crippen LogP contribution in [0.5, 0.6) is 0 Å². The number of hydrogen-bond acceptors (Lipinski definition) is 2. The fourth-order valence-corrected chi connectivity index (χ4v) is 1.49. The summed E-state index contributed by atoms with van der Waals surface area (Å²) >= 11 is 3.18. The van der Waals surface area contributed by atoms with Gasteiger partial charge >= 0.3 is 0 Å². The summed E-state index contributed by atoms with van der Waals surface area (Å²) in [6.07, 6.45) is 3.35. The molecular formula is C10H7BrN2O. The van der Waals surface area contributed by atoms with Gasteiger partial charge in [-0.2, -0.15) is 0 Å². The van der Waals surface area contributed by atoms with Gasteiger partial charge in [0.05, 0.1) is 4.47 Å². The van der Waals surface area contributed by atoms with Gasteiger partial charge in [0.1, 0.15) is 5.82 Å². The lowest BCUT2D eigenvalue weighted by Gasteiger charge is -2.03. The molecular weight excluding hydrogens is 244 g/mol. The topological polar surface area (TPSA) is 34.9 Å². The van der Waals surface area contributed by atoms with E-state index in [2.05, 4.69) is 20.9 Å². The normalized spacial score (nSPS) is 10.1. The lowest BCUT2D eigenvalue weighted by atomic mass is 10.4. The molecule has 4 heteroatoms. The highest BCUT2D eigenvalue weighted by molar-refractivity contribution is 9.10. The van der Waals surface area contributed by atoms with E-state index in [9.17, 15) is 4.79 Å². The van der Waals surface area contributed by atoms with Crippen LogP contribution in [-0.4, -0.2) is 9.55 Å². The molecule has 0 aromatic carbocycles. The molecule has 14 heavy (non-hydrogen) atoms. The molecule has 0 saturated carbocycles. The summed E-state index contributed by atoms with van der Waals surface area (Å²) in [5, 5.41) is 0. The van der Waals surface area contributed by atoms with Gasteiger partial charge in [-0.05, 0) is 40.2 Å². The highest BCUT2D eigenvalue weighted by Gasteiger charge is 2.01. The molecule has 0 N–H and O–H groups in total. The minimum atomic E-state index is -0.105. The van der Waals surface area contributed by atoms with Crippen molar-refractivity contribution in [3.63, 3.8) is 0 Å². The molecule has 0 spiro atoms. The van der Waals surface area contributed by atoms with Crippen LogP contribution in [0.2, 0.25) is 0 Å². The highest BCUT2D eigenvalue weighted by atomic mass is 79.9. The number of pyridine rings is 2. The van der Waals surface area contributed by atoms with Crippen molar-refractivity contribution >= 4 is 15.9 Å². The smallest absolute Gasteiger partial charge is 0.268 e. The molecule has 2 aromatic rings. The van der Waals surface area contributed by atoms with Crippen LogP contribution in [0.4, 0.5) is 0 Å². The lowest BCUT2D eigenvalue weighted by molar-refractivity contribution is 0.933. The Morgan fingerprint density at radius 2 is 2.07 bits per heavy atom. The minimum absolute atomic E-state index is 0.105. The third kappa shape index (κ3) is 1.61. The third-order valence-electron chi connectivity index (χ3n) is 1.80. The molecule has 2 heterocycles. The zero-order valence-corrected chi connectivity index (χ0v) is 8.81. The second-order valence-electron chi connectivity index (χ2n) is 2.72. The van der Waals surface area contributed by atoms with Gasteiger partial charge in [0.15, 0.2) is 0 Å². The first-order valence-corrected chi connectivity index (χ1v) is 4.87. The average Bonchev–Trinajstić information content (AvgIpc) is 2.23. The van der Waals surface area contributed by atoms with Crippen molar-refractivity contribution in [2.75, 3.05) is 0 Å². The maximum atomic E-state index is 11.6. The summed E-state index contributed by atoms with van der Waals surface area (Å²) in [5.41, 5.74) is -0.105. The summed E-state index contributed by atoms with van der Waals surface area (Å²) in [6.45, 7) is 0. The second kappa shape index (κ2) is 3.75. The van der Waals surface area contributed by atoms with E-state index in [1.54, 1.807) is 30.6 Å². The van der Waals surface area contributed by atoms with Gasteiger partial charge in [0.2, 0.25) is 0 Å². The Morgan fingerprint density at radius 3 is 2.79 bits per heavy atom. The summed E-state index contributed by atoms with van der Waals surface area (Å²) in [6, 6.07) is 8.94. The van der Waals surface area contributed by atoms with Gasteiger partial charge in [0.25, 0.3) is 5.56 Å². The third-order valence-corrected chi connectivity index (χ3v) is 2.40. The Morgan fingerprint density at radius 1 is 1.21 bits per heavy atom. The van der Waals surface area contributed by atoms with Crippen molar-refractivity contribution in [2.24, 2.45) is 0 Å². The number of aromatic nitrogens is 2. The molecule has 0 unspecified atom stereocenters. The van der Waals surface area contributed by atoms with Crippen LogP contribution in [-0.2, 0) is 0 Å². The van der Waals surface area contributed by atoms with Crippen molar-refractivity contribution in [3.8, 4) is 5.82 Å². The molecule has 0 fully saturated rings. The van der Waals surface area contributed by atoms with Gasteiger partial charge in [-0.15, -0.1) is 0 Å². The average molecular weight is 251 g/mol. The van der Waals surface area contributed by atoms with E-state index in [0.717, 1.165) is 0 Å². The predicted octanol–water partition coefficient (Wildman–Crippen LogP) is 1.99. The number of rotatable bonds is 1. The Balaban J connectivity index is 2.64. The summed E-state index contributed by atoms with van der Waals surface area (Å²) in [4.78, 5) is 15.7. The number of nitrogens with zero attached hydrogens (tertiary/aromatic N) is 2. The van der Waals surface area contributed by atoms with Crippen LogP contribution in [0, 0.1) is 0 Å². The monoisotopic (exact) mass is 250 g/mol. The largest absolute Gasteiger partial charge is 0.270 e. The molecule has 70 valence electrons. The van der Waals surface area contributed by atoms with Crippen LogP contribution in [0.15, 0.2) is 52.0 Å². The van der Waals surface area contributed by atoms with E-state index in [1.165, 1.54) is 4.57 Å². The Labute approximate surface area is 89.2 Å². The molecule has 0 atom stereocenters. The van der Waals surface area contributed by atoms with Gasteiger partial charge < -0.3 is 0 Å². The van der Waals surface area contributed by atoms with Gasteiger partial charge in [-0.3, -0.25) is 9.36 Å². The van der Waals surface area contributed by atoms with E-state index >= 15 is 0 Å². The molecule has 0 bridgehead atoms. The van der Waals surface area contributed by atoms with Gasteiger partial charge in [0, 0.05) is 12.4 Å². The SMILES string of the molecule is O=c1c(Br)cccn1-c1ccccn1. The first-order valence-electron chi connectivity index (χ1n) is 4.07. The molecule has 2 aromatic heterocycles. The lowest BCUT2D eigenvalue weighted by Crippen LogP contribution is -2.18. The van der Waals surface area contributed by atoms with Crippen molar-refractivity contribution in [1.82, 2.24) is 9.55 Å². The molecule has 0 amide bonds. The van der Waals surface area contributed by atoms with Gasteiger partial charge in [-0.25, -0.2) is 4.98 Å². The van der Waals surface area contributed by atoms with Crippen LogP contribution < -0.4 is 5.56 Å². The number of halogens is 1. The zero-order valence-electron chi connectivity index (χ0n) is 7.22. The van der Waals surface area contributed by atoms with E-state index in [1.807, 2.05) is 12.1 Å². The quantitative estimate of drug-likeness (QED) is 0.776. The molecule has 3 nitrogen and oxygen atoms in total. The maximum Gasteiger partial charge on any atom is 0.270 e. The second-order valence-corrected chi connectivity index (χ2v) is 3.57.